The molecule has 102 valence electrons. The van der Waals surface area contributed by atoms with Crippen molar-refractivity contribution in [1.82, 2.24) is 9.88 Å². The molecular formula is C14H19N3O2. The number of aromatic nitrogens is 1. The number of hydrogen-bond acceptors (Lipinski definition) is 3. The topological polar surface area (TPSA) is 71.3 Å². The van der Waals surface area contributed by atoms with E-state index in [1.54, 1.807) is 12.0 Å². The molecule has 1 amide bonds. The van der Waals surface area contributed by atoms with Crippen LogP contribution in [0, 0.1) is 0 Å². The van der Waals surface area contributed by atoms with E-state index in [2.05, 4.69) is 4.98 Å². The number of aromatic amines is 1. The fourth-order valence-electron chi connectivity index (χ4n) is 2.07. The Bertz CT molecular complexity index is 577. The number of para-hydroxylation sites is 1. The number of nitrogens with one attached hydrogen (secondary N) is 1. The van der Waals surface area contributed by atoms with E-state index in [1.807, 2.05) is 31.2 Å². The molecule has 0 unspecified atom stereocenters. The summed E-state index contributed by atoms with van der Waals surface area (Å²) < 4.78 is 5.01. The quantitative estimate of drug-likeness (QED) is 0.807. The lowest BCUT2D eigenvalue weighted by molar-refractivity contribution is 0.0701. The lowest BCUT2D eigenvalue weighted by atomic mass is 10.2. The van der Waals surface area contributed by atoms with Gasteiger partial charge in [0.2, 0.25) is 0 Å². The van der Waals surface area contributed by atoms with E-state index in [4.69, 9.17) is 10.5 Å². The van der Waals surface area contributed by atoms with E-state index in [0.717, 1.165) is 10.9 Å². The Morgan fingerprint density at radius 1 is 1.47 bits per heavy atom. The third-order valence-corrected chi connectivity index (χ3v) is 3.15. The Morgan fingerprint density at radius 3 is 2.89 bits per heavy atom. The molecule has 0 fully saturated rings. The number of methoxy groups -OCH3 is 1. The zero-order valence-corrected chi connectivity index (χ0v) is 11.3. The summed E-state index contributed by atoms with van der Waals surface area (Å²) in [6.45, 7) is 3.70. The zero-order chi connectivity index (χ0) is 13.8. The second-order valence-electron chi connectivity index (χ2n) is 4.37. The van der Waals surface area contributed by atoms with Crippen LogP contribution in [-0.4, -0.2) is 42.6 Å². The van der Waals surface area contributed by atoms with Gasteiger partial charge in [0.05, 0.1) is 17.8 Å². The van der Waals surface area contributed by atoms with E-state index >= 15 is 0 Å². The van der Waals surface area contributed by atoms with Crippen molar-refractivity contribution in [2.45, 2.75) is 6.92 Å². The Hall–Kier alpha value is -2.01. The van der Waals surface area contributed by atoms with Crippen LogP contribution in [0.25, 0.3) is 10.9 Å². The number of H-pyrrole nitrogens is 1. The smallest absolute Gasteiger partial charge is 0.270 e. The van der Waals surface area contributed by atoms with Crippen LogP contribution in [0.2, 0.25) is 0 Å². The molecular weight excluding hydrogens is 242 g/mol. The van der Waals surface area contributed by atoms with Crippen LogP contribution in [0.4, 0.5) is 5.69 Å². The SMILES string of the molecule is CCN(CCOC)C(=O)c1cc2cccc(N)c2[nH]1. The van der Waals surface area contributed by atoms with Crippen molar-refractivity contribution < 1.29 is 9.53 Å². The van der Waals surface area contributed by atoms with Gasteiger partial charge in [0.1, 0.15) is 5.69 Å². The molecule has 0 aliphatic heterocycles. The summed E-state index contributed by atoms with van der Waals surface area (Å²) in [6, 6.07) is 7.46. The second-order valence-corrected chi connectivity index (χ2v) is 4.37. The van der Waals surface area contributed by atoms with Gasteiger partial charge in [0, 0.05) is 25.6 Å². The summed E-state index contributed by atoms with van der Waals surface area (Å²) >= 11 is 0. The van der Waals surface area contributed by atoms with Crippen LogP contribution >= 0.6 is 0 Å². The summed E-state index contributed by atoms with van der Waals surface area (Å²) in [5.41, 5.74) is 7.91. The van der Waals surface area contributed by atoms with Gasteiger partial charge in [-0.1, -0.05) is 12.1 Å². The van der Waals surface area contributed by atoms with Gasteiger partial charge >= 0.3 is 0 Å². The standard InChI is InChI=1S/C14H19N3O2/c1-3-17(7-8-19-2)14(18)12-9-10-5-4-6-11(15)13(10)16-12/h4-6,9,16H,3,7-8,15H2,1-2H3. The normalized spacial score (nSPS) is 10.8. The van der Waals surface area contributed by atoms with Crippen molar-refractivity contribution in [1.29, 1.82) is 0 Å². The molecule has 2 aromatic rings. The molecule has 0 aliphatic rings. The molecule has 5 nitrogen and oxygen atoms in total. The number of rotatable bonds is 5. The first-order chi connectivity index (χ1) is 9.17. The lowest BCUT2D eigenvalue weighted by Crippen LogP contribution is -2.33. The summed E-state index contributed by atoms with van der Waals surface area (Å²) in [7, 11) is 1.63. The minimum atomic E-state index is -0.0323. The van der Waals surface area contributed by atoms with Crippen LogP contribution in [0.1, 0.15) is 17.4 Å². The van der Waals surface area contributed by atoms with Crippen molar-refractivity contribution in [3.8, 4) is 0 Å². The second kappa shape index (κ2) is 5.75. The van der Waals surface area contributed by atoms with Gasteiger partial charge in [0.25, 0.3) is 5.91 Å². The van der Waals surface area contributed by atoms with Gasteiger partial charge in [-0.25, -0.2) is 0 Å². The highest BCUT2D eigenvalue weighted by Crippen LogP contribution is 2.21. The van der Waals surface area contributed by atoms with Crippen LogP contribution in [0.3, 0.4) is 0 Å². The fraction of sp³-hybridized carbons (Fsp3) is 0.357. The molecule has 5 heteroatoms. The summed E-state index contributed by atoms with van der Waals surface area (Å²) in [5.74, 6) is -0.0323. The maximum Gasteiger partial charge on any atom is 0.270 e. The first-order valence-electron chi connectivity index (χ1n) is 6.32. The third-order valence-electron chi connectivity index (χ3n) is 3.15. The number of ether oxygens (including phenoxy) is 1. The molecule has 3 N–H and O–H groups in total. The Kier molecular flexibility index (Phi) is 4.06. The zero-order valence-electron chi connectivity index (χ0n) is 11.3. The van der Waals surface area contributed by atoms with Gasteiger partial charge in [0.15, 0.2) is 0 Å². The molecule has 1 heterocycles. The highest BCUT2D eigenvalue weighted by atomic mass is 16.5. The number of carbonyl (C=O) groups is 1. The molecule has 0 atom stereocenters. The maximum absolute atomic E-state index is 12.4. The molecule has 0 bridgehead atoms. The maximum atomic E-state index is 12.4. The highest BCUT2D eigenvalue weighted by Gasteiger charge is 2.16. The van der Waals surface area contributed by atoms with E-state index in [0.29, 0.717) is 31.1 Å². The van der Waals surface area contributed by atoms with Crippen molar-refractivity contribution >= 4 is 22.5 Å². The molecule has 0 aliphatic carbocycles. The summed E-state index contributed by atoms with van der Waals surface area (Å²) in [6.07, 6.45) is 0. The number of nitrogen functional groups attached to an aromatic ring is 1. The number of nitrogens with zero attached hydrogens (tertiary/aromatic N) is 1. The van der Waals surface area contributed by atoms with E-state index in [-0.39, 0.29) is 5.91 Å². The van der Waals surface area contributed by atoms with E-state index < -0.39 is 0 Å². The van der Waals surface area contributed by atoms with E-state index in [1.165, 1.54) is 0 Å². The van der Waals surface area contributed by atoms with Gasteiger partial charge in [-0.05, 0) is 19.1 Å². The van der Waals surface area contributed by atoms with Gasteiger partial charge in [-0.2, -0.15) is 0 Å². The highest BCUT2D eigenvalue weighted by molar-refractivity contribution is 6.00. The lowest BCUT2D eigenvalue weighted by Gasteiger charge is -2.19. The largest absolute Gasteiger partial charge is 0.397 e. The Labute approximate surface area is 112 Å². The number of likely N-dealkylation sites (N-methyl/N-ethyl adjacent to an activating group) is 1. The van der Waals surface area contributed by atoms with Gasteiger partial charge < -0.3 is 20.4 Å². The van der Waals surface area contributed by atoms with Crippen LogP contribution in [-0.2, 0) is 4.74 Å². The molecule has 0 spiro atoms. The molecule has 0 radical (unpaired) electrons. The fourth-order valence-corrected chi connectivity index (χ4v) is 2.07. The first-order valence-corrected chi connectivity index (χ1v) is 6.32. The number of nitrogens with two attached hydrogens (primary N) is 1. The number of amides is 1. The average molecular weight is 261 g/mol. The minimum Gasteiger partial charge on any atom is -0.397 e. The van der Waals surface area contributed by atoms with Crippen molar-refractivity contribution in [2.75, 3.05) is 32.5 Å². The number of carbonyl (C=O) groups excluding carboxylic acids is 1. The molecule has 0 saturated carbocycles. The van der Waals surface area contributed by atoms with Crippen molar-refractivity contribution in [3.63, 3.8) is 0 Å². The van der Waals surface area contributed by atoms with E-state index in [9.17, 15) is 4.79 Å². The van der Waals surface area contributed by atoms with Crippen LogP contribution in [0.5, 0.6) is 0 Å². The predicted molar refractivity (Wildman–Crippen MR) is 76.2 cm³/mol. The first kappa shape index (κ1) is 13.4. The molecule has 1 aromatic heterocycles. The molecule has 2 rings (SSSR count). The Morgan fingerprint density at radius 2 is 2.26 bits per heavy atom. The Balaban J connectivity index is 2.27. The van der Waals surface area contributed by atoms with Crippen LogP contribution < -0.4 is 5.73 Å². The van der Waals surface area contributed by atoms with Crippen molar-refractivity contribution in [3.05, 3.63) is 30.0 Å². The molecule has 0 saturated heterocycles. The van der Waals surface area contributed by atoms with Crippen LogP contribution in [0.15, 0.2) is 24.3 Å². The molecule has 19 heavy (non-hydrogen) atoms. The summed E-state index contributed by atoms with van der Waals surface area (Å²) in [4.78, 5) is 17.2. The number of fused-ring (bicyclic) bond motifs is 1. The predicted octanol–water partition coefficient (Wildman–Crippen LogP) is 1.86. The molecule has 1 aromatic carbocycles. The van der Waals surface area contributed by atoms with Crippen molar-refractivity contribution in [2.24, 2.45) is 0 Å². The van der Waals surface area contributed by atoms with Gasteiger partial charge in [-0.3, -0.25) is 4.79 Å². The number of anilines is 1. The summed E-state index contributed by atoms with van der Waals surface area (Å²) in [5, 5.41) is 0.950. The average Bonchev–Trinajstić information content (AvgIpc) is 2.85. The minimum absolute atomic E-state index is 0.0323. The van der Waals surface area contributed by atoms with Gasteiger partial charge in [-0.15, -0.1) is 0 Å². The number of hydrogen-bond donors (Lipinski definition) is 2. The number of benzene rings is 1. The third kappa shape index (κ3) is 2.71. The monoisotopic (exact) mass is 261 g/mol.